The Morgan fingerprint density at radius 3 is 2.53 bits per heavy atom. The Kier molecular flexibility index (Phi) is 6.42. The van der Waals surface area contributed by atoms with Crippen molar-refractivity contribution in [2.45, 2.75) is 39.5 Å². The summed E-state index contributed by atoms with van der Waals surface area (Å²) in [6, 6.07) is 2.86. The van der Waals surface area contributed by atoms with Crippen molar-refractivity contribution in [1.29, 1.82) is 0 Å². The third-order valence-corrected chi connectivity index (χ3v) is 7.71. The second-order valence-corrected chi connectivity index (χ2v) is 11.5. The number of piperazine rings is 1. The minimum Gasteiger partial charge on any atom is -0.421 e. The lowest BCUT2D eigenvalue weighted by molar-refractivity contribution is 0.311. The van der Waals surface area contributed by atoms with Crippen LogP contribution in [-0.4, -0.2) is 53.1 Å². The van der Waals surface area contributed by atoms with Crippen molar-refractivity contribution in [2.75, 3.05) is 43.4 Å². The van der Waals surface area contributed by atoms with Crippen molar-refractivity contribution in [3.05, 3.63) is 51.5 Å². The highest BCUT2D eigenvalue weighted by atomic mass is 32.1. The molecule has 10 heteroatoms. The standard InChI is InChI=1S/C26H30F2N6OS/c1-15-10-16-17(11-15)23(28)19(12-18(16)27)35-24-30-21(31-25-29-14-20(36-25)26(2,3)4)13-22(32-24)34-8-6-33(5)7-9-34/h11-14H,6-10H2,1-5H3,(H,29,30,31,32). The molecule has 0 spiro atoms. The van der Waals surface area contributed by atoms with Crippen LogP contribution in [0.15, 0.2) is 23.9 Å². The first-order valence-electron chi connectivity index (χ1n) is 12.0. The molecule has 0 amide bonds. The Balaban J connectivity index is 1.49. The molecule has 0 radical (unpaired) electrons. The molecule has 0 unspecified atom stereocenters. The third-order valence-electron chi connectivity index (χ3n) is 6.37. The lowest BCUT2D eigenvalue weighted by Crippen LogP contribution is -2.44. The van der Waals surface area contributed by atoms with E-state index >= 15 is 4.39 Å². The van der Waals surface area contributed by atoms with Gasteiger partial charge in [0.15, 0.2) is 16.7 Å². The van der Waals surface area contributed by atoms with E-state index in [0.717, 1.165) is 42.7 Å². The number of ether oxygens (including phenoxy) is 1. The van der Waals surface area contributed by atoms with E-state index in [9.17, 15) is 4.39 Å². The number of halogens is 2. The van der Waals surface area contributed by atoms with Gasteiger partial charge in [0, 0.05) is 60.5 Å². The predicted molar refractivity (Wildman–Crippen MR) is 140 cm³/mol. The molecule has 1 N–H and O–H groups in total. The van der Waals surface area contributed by atoms with Crippen LogP contribution in [-0.2, 0) is 11.8 Å². The smallest absolute Gasteiger partial charge is 0.326 e. The van der Waals surface area contributed by atoms with Gasteiger partial charge < -0.3 is 19.9 Å². The van der Waals surface area contributed by atoms with Gasteiger partial charge in [-0.2, -0.15) is 9.97 Å². The van der Waals surface area contributed by atoms with Crippen LogP contribution in [0.1, 0.15) is 43.7 Å². The van der Waals surface area contributed by atoms with E-state index in [-0.39, 0.29) is 22.7 Å². The number of benzene rings is 1. The SMILES string of the molecule is CC1=Cc2c(F)c(Oc3nc(Nc4ncc(C(C)(C)C)s4)cc(N4CCN(C)CC4)n3)cc(F)c2C1. The van der Waals surface area contributed by atoms with Crippen molar-refractivity contribution < 1.29 is 13.5 Å². The van der Waals surface area contributed by atoms with Crippen LogP contribution in [0.5, 0.6) is 11.8 Å². The maximum atomic E-state index is 15.2. The van der Waals surface area contributed by atoms with Gasteiger partial charge >= 0.3 is 6.01 Å². The first-order chi connectivity index (χ1) is 17.1. The summed E-state index contributed by atoms with van der Waals surface area (Å²) in [5.74, 6) is -0.216. The maximum absolute atomic E-state index is 15.2. The highest BCUT2D eigenvalue weighted by molar-refractivity contribution is 7.15. The largest absolute Gasteiger partial charge is 0.421 e. The summed E-state index contributed by atoms with van der Waals surface area (Å²) in [7, 11) is 2.08. The molecule has 1 aliphatic heterocycles. The van der Waals surface area contributed by atoms with Gasteiger partial charge in [0.25, 0.3) is 0 Å². The number of fused-ring (bicyclic) bond motifs is 1. The summed E-state index contributed by atoms with van der Waals surface area (Å²) in [6.07, 6.45) is 3.90. The van der Waals surface area contributed by atoms with Crippen LogP contribution in [0.2, 0.25) is 0 Å². The first-order valence-corrected chi connectivity index (χ1v) is 12.8. The van der Waals surface area contributed by atoms with E-state index in [1.165, 1.54) is 0 Å². The average Bonchev–Trinajstić information content (AvgIpc) is 3.45. The molecule has 3 heterocycles. The summed E-state index contributed by atoms with van der Waals surface area (Å²) in [5.41, 5.74) is 1.46. The number of rotatable bonds is 5. The average molecular weight is 513 g/mol. The van der Waals surface area contributed by atoms with Crippen LogP contribution >= 0.6 is 11.3 Å². The lowest BCUT2D eigenvalue weighted by Gasteiger charge is -2.33. The van der Waals surface area contributed by atoms with E-state index < -0.39 is 11.6 Å². The molecule has 2 aliphatic rings. The highest BCUT2D eigenvalue weighted by Gasteiger charge is 2.25. The normalized spacial score (nSPS) is 16.2. The maximum Gasteiger partial charge on any atom is 0.326 e. The van der Waals surface area contributed by atoms with Gasteiger partial charge in [0.05, 0.1) is 0 Å². The topological polar surface area (TPSA) is 66.4 Å². The zero-order chi connectivity index (χ0) is 25.6. The van der Waals surface area contributed by atoms with Gasteiger partial charge in [-0.3, -0.25) is 0 Å². The fourth-order valence-corrected chi connectivity index (χ4v) is 5.13. The minimum atomic E-state index is -0.610. The lowest BCUT2D eigenvalue weighted by atomic mass is 9.96. The van der Waals surface area contributed by atoms with Crippen molar-refractivity contribution >= 4 is 34.2 Å². The van der Waals surface area contributed by atoms with E-state index in [1.807, 2.05) is 19.2 Å². The summed E-state index contributed by atoms with van der Waals surface area (Å²) < 4.78 is 35.7. The van der Waals surface area contributed by atoms with Crippen LogP contribution in [0.3, 0.4) is 0 Å². The number of hydrogen-bond acceptors (Lipinski definition) is 8. The molecule has 1 fully saturated rings. The highest BCUT2D eigenvalue weighted by Crippen LogP contribution is 2.37. The molecule has 1 saturated heterocycles. The van der Waals surface area contributed by atoms with Gasteiger partial charge in [-0.05, 0) is 25.8 Å². The molecule has 0 saturated carbocycles. The molecule has 190 valence electrons. The zero-order valence-electron chi connectivity index (χ0n) is 21.2. The monoisotopic (exact) mass is 512 g/mol. The number of allylic oxidation sites excluding steroid dienone is 1. The molecule has 7 nitrogen and oxygen atoms in total. The fraction of sp³-hybridized carbons (Fsp3) is 0.423. The van der Waals surface area contributed by atoms with E-state index in [4.69, 9.17) is 4.74 Å². The number of aromatic nitrogens is 3. The molecular formula is C26H30F2N6OS. The number of thiazole rings is 1. The second kappa shape index (κ2) is 9.40. The molecule has 3 aromatic rings. The Bertz CT molecular complexity index is 1320. The molecule has 1 aliphatic carbocycles. The Labute approximate surface area is 213 Å². The Morgan fingerprint density at radius 1 is 1.08 bits per heavy atom. The number of anilines is 3. The third kappa shape index (κ3) is 5.05. The van der Waals surface area contributed by atoms with Crippen molar-refractivity contribution in [2.24, 2.45) is 0 Å². The van der Waals surface area contributed by atoms with E-state index in [0.29, 0.717) is 28.8 Å². The van der Waals surface area contributed by atoms with Gasteiger partial charge in [0.1, 0.15) is 17.5 Å². The molecule has 5 rings (SSSR count). The van der Waals surface area contributed by atoms with Crippen molar-refractivity contribution in [3.63, 3.8) is 0 Å². The molecule has 36 heavy (non-hydrogen) atoms. The number of likely N-dealkylation sites (N-methyl/N-ethyl adjacent to an activating group) is 1. The van der Waals surface area contributed by atoms with Crippen LogP contribution in [0, 0.1) is 11.6 Å². The summed E-state index contributed by atoms with van der Waals surface area (Å²) in [6.45, 7) is 11.6. The van der Waals surface area contributed by atoms with Crippen LogP contribution in [0.4, 0.5) is 25.5 Å². The van der Waals surface area contributed by atoms with Gasteiger partial charge in [-0.15, -0.1) is 11.3 Å². The molecule has 1 aromatic carbocycles. The minimum absolute atomic E-state index is 0.0233. The summed E-state index contributed by atoms with van der Waals surface area (Å²) in [5, 5.41) is 3.93. The summed E-state index contributed by atoms with van der Waals surface area (Å²) >= 11 is 1.54. The van der Waals surface area contributed by atoms with Crippen LogP contribution in [0.25, 0.3) is 6.08 Å². The molecule has 2 aromatic heterocycles. The molecular weight excluding hydrogens is 482 g/mol. The van der Waals surface area contributed by atoms with Gasteiger partial charge in [-0.1, -0.05) is 32.4 Å². The second-order valence-electron chi connectivity index (χ2n) is 10.4. The Morgan fingerprint density at radius 2 is 1.83 bits per heavy atom. The molecule has 0 bridgehead atoms. The van der Waals surface area contributed by atoms with Crippen molar-refractivity contribution in [1.82, 2.24) is 19.9 Å². The van der Waals surface area contributed by atoms with Gasteiger partial charge in [0.2, 0.25) is 0 Å². The van der Waals surface area contributed by atoms with E-state index in [1.54, 1.807) is 17.4 Å². The quantitative estimate of drug-likeness (QED) is 0.467. The number of nitrogens with zero attached hydrogens (tertiary/aromatic N) is 5. The number of hydrogen-bond donors (Lipinski definition) is 1. The Hall–Kier alpha value is -3.11. The molecule has 0 atom stereocenters. The zero-order valence-corrected chi connectivity index (χ0v) is 22.0. The first kappa shape index (κ1) is 24.6. The number of nitrogens with one attached hydrogen (secondary N) is 1. The predicted octanol–water partition coefficient (Wildman–Crippen LogP) is 5.76. The van der Waals surface area contributed by atoms with E-state index in [2.05, 4.69) is 57.9 Å². The van der Waals surface area contributed by atoms with Gasteiger partial charge in [-0.25, -0.2) is 13.8 Å². The fourth-order valence-electron chi connectivity index (χ4n) is 4.25. The van der Waals surface area contributed by atoms with Crippen molar-refractivity contribution in [3.8, 4) is 11.8 Å². The van der Waals surface area contributed by atoms with Crippen LogP contribution < -0.4 is 15.0 Å². The summed E-state index contributed by atoms with van der Waals surface area (Å²) in [4.78, 5) is 19.0.